The summed E-state index contributed by atoms with van der Waals surface area (Å²) in [6, 6.07) is 2.08. The molecule has 0 aliphatic carbocycles. The van der Waals surface area contributed by atoms with Gasteiger partial charge in [0.2, 0.25) is 0 Å². The first kappa shape index (κ1) is 20.9. The molecule has 0 aromatic carbocycles. The first-order valence-electron chi connectivity index (χ1n) is 8.33. The molecule has 0 amide bonds. The van der Waals surface area contributed by atoms with Crippen LogP contribution in [0.3, 0.4) is 0 Å². The maximum absolute atomic E-state index is 12.2. The third-order valence-electron chi connectivity index (χ3n) is 3.84. The fourth-order valence-corrected chi connectivity index (χ4v) is 2.55. The summed E-state index contributed by atoms with van der Waals surface area (Å²) in [7, 11) is 0. The lowest BCUT2D eigenvalue weighted by Crippen LogP contribution is -2.23. The minimum absolute atomic E-state index is 0.0691. The van der Waals surface area contributed by atoms with Gasteiger partial charge in [0, 0.05) is 29.6 Å². The molecule has 0 aliphatic rings. The molecule has 0 fully saturated rings. The van der Waals surface area contributed by atoms with Gasteiger partial charge in [-0.25, -0.2) is 9.97 Å². The molecule has 25 heavy (non-hydrogen) atoms. The van der Waals surface area contributed by atoms with E-state index in [2.05, 4.69) is 16.9 Å². The molecule has 2 aromatic rings. The van der Waals surface area contributed by atoms with Gasteiger partial charge in [0.15, 0.2) is 0 Å². The van der Waals surface area contributed by atoms with E-state index in [-0.39, 0.29) is 11.6 Å². The molecule has 2 heterocycles. The predicted molar refractivity (Wildman–Crippen MR) is 99.1 cm³/mol. The molecule has 0 unspecified atom stereocenters. The van der Waals surface area contributed by atoms with Crippen LogP contribution in [-0.2, 0) is 18.0 Å². The van der Waals surface area contributed by atoms with Crippen molar-refractivity contribution in [2.75, 3.05) is 0 Å². The molecule has 0 atom stereocenters. The van der Waals surface area contributed by atoms with Crippen molar-refractivity contribution in [3.63, 3.8) is 0 Å². The molecule has 136 valence electrons. The highest BCUT2D eigenvalue weighted by Crippen LogP contribution is 2.23. The van der Waals surface area contributed by atoms with Crippen LogP contribution in [0, 0.1) is 13.8 Å². The Bertz CT molecular complexity index is 810. The lowest BCUT2D eigenvalue weighted by molar-refractivity contribution is 0.576. The quantitative estimate of drug-likeness (QED) is 0.815. The molecule has 0 saturated heterocycles. The Kier molecular flexibility index (Phi) is 8.34. The summed E-state index contributed by atoms with van der Waals surface area (Å²) in [5.74, 6) is 0.759. The minimum atomic E-state index is -0.750. The van der Waals surface area contributed by atoms with Gasteiger partial charge in [0.25, 0.3) is 5.56 Å². The summed E-state index contributed by atoms with van der Waals surface area (Å²) in [5.41, 5.74) is 3.94. The molecule has 0 bridgehead atoms. The van der Waals surface area contributed by atoms with Crippen LogP contribution in [0.4, 0.5) is 0 Å². The number of unbranched alkanes of at least 4 members (excludes halogenated alkanes) is 1. The van der Waals surface area contributed by atoms with Crippen molar-refractivity contribution in [1.29, 1.82) is 0 Å². The second kappa shape index (κ2) is 9.98. The highest BCUT2D eigenvalue weighted by Gasteiger charge is 2.12. The smallest absolute Gasteiger partial charge is 0.312 e. The average Bonchev–Trinajstić information content (AvgIpc) is 2.56. The Balaban J connectivity index is 0.000000970. The number of aromatic nitrogens is 3. The van der Waals surface area contributed by atoms with E-state index >= 15 is 0 Å². The minimum Gasteiger partial charge on any atom is -0.312 e. The van der Waals surface area contributed by atoms with Crippen molar-refractivity contribution in [3.05, 3.63) is 45.8 Å². The highest BCUT2D eigenvalue weighted by atomic mass is 32.1. The lowest BCUT2D eigenvalue weighted by Gasteiger charge is -2.15. The van der Waals surface area contributed by atoms with E-state index in [4.69, 9.17) is 8.42 Å². The van der Waals surface area contributed by atoms with Crippen LogP contribution in [0.25, 0.3) is 11.3 Å². The maximum atomic E-state index is 12.2. The molecular weight excluding hydrogens is 338 g/mol. The second-order valence-electron chi connectivity index (χ2n) is 6.18. The van der Waals surface area contributed by atoms with Crippen molar-refractivity contribution in [2.24, 2.45) is 0 Å². The normalized spacial score (nSPS) is 10.3. The van der Waals surface area contributed by atoms with Crippen LogP contribution in [0.2, 0.25) is 0 Å². The molecule has 0 N–H and O–H groups in total. The second-order valence-corrected chi connectivity index (χ2v) is 6.32. The van der Waals surface area contributed by atoms with E-state index in [1.165, 1.54) is 0 Å². The van der Waals surface area contributed by atoms with Gasteiger partial charge < -0.3 is 4.57 Å². The van der Waals surface area contributed by atoms with E-state index in [9.17, 15) is 4.79 Å². The van der Waals surface area contributed by atoms with Crippen molar-refractivity contribution in [1.82, 2.24) is 14.5 Å². The number of nitrogens with zero attached hydrogens (tertiary/aromatic N) is 3. The van der Waals surface area contributed by atoms with E-state index in [1.54, 1.807) is 4.57 Å². The van der Waals surface area contributed by atoms with Crippen LogP contribution < -0.4 is 5.56 Å². The molecule has 0 spiro atoms. The third-order valence-corrected chi connectivity index (χ3v) is 3.84. The Morgan fingerprint density at radius 2 is 1.88 bits per heavy atom. The topological polar surface area (TPSA) is 81.9 Å². The van der Waals surface area contributed by atoms with Gasteiger partial charge in [-0.15, -0.1) is 0 Å². The maximum Gasteiger partial charge on any atom is 0.335 e. The number of pyridine rings is 1. The summed E-state index contributed by atoms with van der Waals surface area (Å²) < 4.78 is 18.4. The van der Waals surface area contributed by atoms with Gasteiger partial charge in [-0.3, -0.25) is 4.79 Å². The van der Waals surface area contributed by atoms with E-state index in [0.29, 0.717) is 0 Å². The summed E-state index contributed by atoms with van der Waals surface area (Å²) in [5, 5.41) is 0. The van der Waals surface area contributed by atoms with E-state index < -0.39 is 11.6 Å². The molecule has 0 aliphatic heterocycles. The number of hydrogen-bond donors (Lipinski definition) is 0. The zero-order valence-corrected chi connectivity index (χ0v) is 16.2. The Labute approximate surface area is 151 Å². The number of aryl methyl sites for hydroxylation is 3. The van der Waals surface area contributed by atoms with Crippen molar-refractivity contribution in [3.8, 4) is 11.3 Å². The first-order valence-corrected chi connectivity index (χ1v) is 8.99. The van der Waals surface area contributed by atoms with Gasteiger partial charge >= 0.3 is 11.6 Å². The van der Waals surface area contributed by atoms with Crippen LogP contribution in [-0.4, -0.2) is 23.0 Å². The van der Waals surface area contributed by atoms with Crippen molar-refractivity contribution in [2.45, 2.75) is 59.9 Å². The summed E-state index contributed by atoms with van der Waals surface area (Å²) in [6.45, 7) is 9.99. The average molecular weight is 363 g/mol. The number of hydrogen-bond acceptors (Lipinski definition) is 5. The van der Waals surface area contributed by atoms with E-state index in [0.717, 1.165) is 47.5 Å². The Morgan fingerprint density at radius 1 is 1.24 bits per heavy atom. The van der Waals surface area contributed by atoms with Gasteiger partial charge in [-0.2, -0.15) is 8.42 Å². The van der Waals surface area contributed by atoms with Gasteiger partial charge in [0.05, 0.1) is 5.69 Å². The summed E-state index contributed by atoms with van der Waals surface area (Å²) in [6.07, 6.45) is 7.07. The van der Waals surface area contributed by atoms with Gasteiger partial charge in [0.1, 0.15) is 5.82 Å². The molecule has 2 rings (SSSR count). The van der Waals surface area contributed by atoms with Gasteiger partial charge in [-0.1, -0.05) is 13.3 Å². The summed E-state index contributed by atoms with van der Waals surface area (Å²) in [4.78, 5) is 21.2. The molecule has 0 saturated carbocycles. The zero-order valence-electron chi connectivity index (χ0n) is 15.4. The Hall–Kier alpha value is -2.15. The standard InChI is InChI=1S/C18H25N3O.O2S/c1-6-7-8-15-10-19-14(5)20-17(15)16-9-13(4)18(22)21(11-16)12(2)3;1-3-2/h9-12H,6-8H2,1-5H3;. The van der Waals surface area contributed by atoms with Crippen LogP contribution >= 0.6 is 0 Å². The van der Waals surface area contributed by atoms with Crippen LogP contribution in [0.1, 0.15) is 56.6 Å². The van der Waals surface area contributed by atoms with Gasteiger partial charge in [-0.05, 0) is 52.2 Å². The lowest BCUT2D eigenvalue weighted by atomic mass is 10.0. The molecule has 6 nitrogen and oxygen atoms in total. The number of rotatable bonds is 5. The fraction of sp³-hybridized carbons (Fsp3) is 0.500. The third kappa shape index (κ3) is 5.70. The van der Waals surface area contributed by atoms with Crippen molar-refractivity contribution < 1.29 is 8.42 Å². The predicted octanol–water partition coefficient (Wildman–Crippen LogP) is 3.18. The Morgan fingerprint density at radius 3 is 2.44 bits per heavy atom. The SMILES string of the molecule is CCCCc1cnc(C)nc1-c1cc(C)c(=O)n(C(C)C)c1.O=S=O. The monoisotopic (exact) mass is 363 g/mol. The molecule has 7 heteroatoms. The molecular formula is C18H25N3O3S. The van der Waals surface area contributed by atoms with E-state index in [1.807, 2.05) is 46.2 Å². The van der Waals surface area contributed by atoms with Crippen molar-refractivity contribution >= 4 is 11.6 Å². The zero-order chi connectivity index (χ0) is 19.0. The summed E-state index contributed by atoms with van der Waals surface area (Å²) >= 11 is -0.750. The highest BCUT2D eigenvalue weighted by molar-refractivity contribution is 7.51. The molecule has 0 radical (unpaired) electrons. The molecule has 2 aromatic heterocycles. The fourth-order valence-electron chi connectivity index (χ4n) is 2.55. The van der Waals surface area contributed by atoms with Crippen LogP contribution in [0.5, 0.6) is 0 Å². The first-order chi connectivity index (χ1) is 11.8. The van der Waals surface area contributed by atoms with Crippen LogP contribution in [0.15, 0.2) is 23.3 Å². The largest absolute Gasteiger partial charge is 0.335 e.